The Hall–Kier alpha value is -1.46. The van der Waals surface area contributed by atoms with E-state index in [4.69, 9.17) is 0 Å². The Morgan fingerprint density at radius 1 is 1.29 bits per heavy atom. The first kappa shape index (κ1) is 10.7. The number of thiazole rings is 1. The van der Waals surface area contributed by atoms with Crippen LogP contribution in [0.4, 0.5) is 9.52 Å². The van der Waals surface area contributed by atoms with Crippen molar-refractivity contribution in [1.82, 2.24) is 4.98 Å². The van der Waals surface area contributed by atoms with Gasteiger partial charge in [0.05, 0.1) is 16.8 Å². The molecular formula is C12H9FN2S2. The largest absolute Gasteiger partial charge is 0.357 e. The van der Waals surface area contributed by atoms with E-state index in [-0.39, 0.29) is 5.82 Å². The lowest BCUT2D eigenvalue weighted by atomic mass is 10.3. The van der Waals surface area contributed by atoms with Crippen molar-refractivity contribution >= 4 is 38.0 Å². The fourth-order valence-electron chi connectivity index (χ4n) is 1.55. The van der Waals surface area contributed by atoms with Crippen molar-refractivity contribution in [1.29, 1.82) is 0 Å². The van der Waals surface area contributed by atoms with Crippen molar-refractivity contribution in [3.63, 3.8) is 0 Å². The van der Waals surface area contributed by atoms with Crippen LogP contribution in [0.2, 0.25) is 0 Å². The van der Waals surface area contributed by atoms with Crippen LogP contribution in [0, 0.1) is 5.82 Å². The van der Waals surface area contributed by atoms with E-state index in [2.05, 4.69) is 16.4 Å². The number of nitrogens with zero attached hydrogens (tertiary/aromatic N) is 1. The Morgan fingerprint density at radius 3 is 3.06 bits per heavy atom. The second-order valence-electron chi connectivity index (χ2n) is 3.56. The summed E-state index contributed by atoms with van der Waals surface area (Å²) in [5.74, 6) is -0.217. The van der Waals surface area contributed by atoms with Gasteiger partial charge < -0.3 is 5.32 Å². The Kier molecular flexibility index (Phi) is 2.78. The van der Waals surface area contributed by atoms with Gasteiger partial charge in [0.15, 0.2) is 5.13 Å². The number of rotatable bonds is 3. The third-order valence-corrected chi connectivity index (χ3v) is 4.20. The fraction of sp³-hybridized carbons (Fsp3) is 0.0833. The summed E-state index contributed by atoms with van der Waals surface area (Å²) in [4.78, 5) is 5.66. The third-order valence-electron chi connectivity index (χ3n) is 2.34. The van der Waals surface area contributed by atoms with E-state index in [0.717, 1.165) is 21.9 Å². The lowest BCUT2D eigenvalue weighted by molar-refractivity contribution is 0.630. The van der Waals surface area contributed by atoms with Gasteiger partial charge in [-0.25, -0.2) is 9.37 Å². The topological polar surface area (TPSA) is 24.9 Å². The van der Waals surface area contributed by atoms with E-state index in [1.807, 2.05) is 11.4 Å². The van der Waals surface area contributed by atoms with Crippen molar-refractivity contribution in [2.45, 2.75) is 6.54 Å². The summed E-state index contributed by atoms with van der Waals surface area (Å²) in [6.45, 7) is 0.764. The Balaban J connectivity index is 1.81. The number of hydrogen-bond acceptors (Lipinski definition) is 4. The van der Waals surface area contributed by atoms with E-state index in [9.17, 15) is 4.39 Å². The minimum absolute atomic E-state index is 0.217. The van der Waals surface area contributed by atoms with Crippen LogP contribution in [0.1, 0.15) is 4.88 Å². The first-order valence-electron chi connectivity index (χ1n) is 5.13. The molecule has 0 saturated heterocycles. The van der Waals surface area contributed by atoms with Crippen LogP contribution in [0.3, 0.4) is 0 Å². The molecule has 3 aromatic rings. The van der Waals surface area contributed by atoms with Gasteiger partial charge in [0, 0.05) is 4.88 Å². The minimum Gasteiger partial charge on any atom is -0.357 e. The average Bonchev–Trinajstić information content (AvgIpc) is 2.94. The highest BCUT2D eigenvalue weighted by atomic mass is 32.1. The van der Waals surface area contributed by atoms with E-state index >= 15 is 0 Å². The fourth-order valence-corrected chi connectivity index (χ4v) is 3.08. The van der Waals surface area contributed by atoms with E-state index in [1.165, 1.54) is 28.3 Å². The number of fused-ring (bicyclic) bond motifs is 1. The Labute approximate surface area is 106 Å². The number of hydrogen-bond donors (Lipinski definition) is 1. The van der Waals surface area contributed by atoms with Crippen LogP contribution >= 0.6 is 22.7 Å². The SMILES string of the molecule is Fc1ccc2nc(NCc3cccs3)sc2c1. The first-order valence-corrected chi connectivity index (χ1v) is 6.83. The van der Waals surface area contributed by atoms with Crippen molar-refractivity contribution in [2.24, 2.45) is 0 Å². The van der Waals surface area contributed by atoms with Crippen LogP contribution in [0.25, 0.3) is 10.2 Å². The van der Waals surface area contributed by atoms with Crippen molar-refractivity contribution in [3.8, 4) is 0 Å². The zero-order valence-corrected chi connectivity index (χ0v) is 10.4. The van der Waals surface area contributed by atoms with Crippen LogP contribution in [0.15, 0.2) is 35.7 Å². The summed E-state index contributed by atoms with van der Waals surface area (Å²) in [7, 11) is 0. The molecule has 0 atom stereocenters. The maximum absolute atomic E-state index is 13.0. The summed E-state index contributed by atoms with van der Waals surface area (Å²) in [5, 5.41) is 6.13. The van der Waals surface area contributed by atoms with E-state index < -0.39 is 0 Å². The van der Waals surface area contributed by atoms with Crippen LogP contribution < -0.4 is 5.32 Å². The maximum atomic E-state index is 13.0. The Bertz CT molecular complexity index is 631. The molecule has 0 fully saturated rings. The van der Waals surface area contributed by atoms with E-state index in [1.54, 1.807) is 17.4 Å². The molecule has 0 bridgehead atoms. The predicted molar refractivity (Wildman–Crippen MR) is 71.2 cm³/mol. The molecule has 0 spiro atoms. The van der Waals surface area contributed by atoms with Crippen molar-refractivity contribution < 1.29 is 4.39 Å². The summed E-state index contributed by atoms with van der Waals surface area (Å²) in [6.07, 6.45) is 0. The molecule has 0 aliphatic rings. The molecule has 1 aromatic carbocycles. The number of anilines is 1. The van der Waals surface area contributed by atoms with E-state index in [0.29, 0.717) is 0 Å². The highest BCUT2D eigenvalue weighted by molar-refractivity contribution is 7.22. The monoisotopic (exact) mass is 264 g/mol. The minimum atomic E-state index is -0.217. The maximum Gasteiger partial charge on any atom is 0.184 e. The highest BCUT2D eigenvalue weighted by Crippen LogP contribution is 2.27. The van der Waals surface area contributed by atoms with Crippen LogP contribution in [0.5, 0.6) is 0 Å². The highest BCUT2D eigenvalue weighted by Gasteiger charge is 2.04. The standard InChI is InChI=1S/C12H9FN2S2/c13-8-3-4-10-11(6-8)17-12(15-10)14-7-9-2-1-5-16-9/h1-6H,7H2,(H,14,15). The molecule has 0 amide bonds. The van der Waals surface area contributed by atoms with Gasteiger partial charge in [-0.15, -0.1) is 11.3 Å². The number of nitrogens with one attached hydrogen (secondary N) is 1. The molecule has 5 heteroatoms. The molecular weight excluding hydrogens is 255 g/mol. The number of aromatic nitrogens is 1. The summed E-state index contributed by atoms with van der Waals surface area (Å²) >= 11 is 3.18. The Morgan fingerprint density at radius 2 is 2.24 bits per heavy atom. The van der Waals surface area contributed by atoms with Crippen molar-refractivity contribution in [3.05, 3.63) is 46.4 Å². The molecule has 1 N–H and O–H groups in total. The normalized spacial score (nSPS) is 10.9. The van der Waals surface area contributed by atoms with Gasteiger partial charge in [-0.05, 0) is 29.6 Å². The summed E-state index contributed by atoms with van der Waals surface area (Å²) < 4.78 is 13.9. The quantitative estimate of drug-likeness (QED) is 0.770. The molecule has 0 radical (unpaired) electrons. The average molecular weight is 264 g/mol. The van der Waals surface area contributed by atoms with Crippen LogP contribution in [-0.2, 0) is 6.54 Å². The summed E-state index contributed by atoms with van der Waals surface area (Å²) in [6, 6.07) is 8.76. The molecule has 0 saturated carbocycles. The zero-order chi connectivity index (χ0) is 11.7. The van der Waals surface area contributed by atoms with Crippen LogP contribution in [-0.4, -0.2) is 4.98 Å². The lowest BCUT2D eigenvalue weighted by Gasteiger charge is -1.97. The van der Waals surface area contributed by atoms with Gasteiger partial charge in [0.25, 0.3) is 0 Å². The molecule has 0 aliphatic heterocycles. The third kappa shape index (κ3) is 2.30. The number of thiophene rings is 1. The number of benzene rings is 1. The molecule has 86 valence electrons. The van der Waals surface area contributed by atoms with Gasteiger partial charge in [0.2, 0.25) is 0 Å². The molecule has 2 nitrogen and oxygen atoms in total. The smallest absolute Gasteiger partial charge is 0.184 e. The second kappa shape index (κ2) is 4.43. The number of halogens is 1. The van der Waals surface area contributed by atoms with Gasteiger partial charge >= 0.3 is 0 Å². The molecule has 17 heavy (non-hydrogen) atoms. The van der Waals surface area contributed by atoms with Crippen molar-refractivity contribution in [2.75, 3.05) is 5.32 Å². The predicted octanol–water partition coefficient (Wildman–Crippen LogP) is 4.11. The lowest BCUT2D eigenvalue weighted by Crippen LogP contribution is -1.95. The molecule has 3 rings (SSSR count). The molecule has 0 aliphatic carbocycles. The second-order valence-corrected chi connectivity index (χ2v) is 5.63. The summed E-state index contributed by atoms with van der Waals surface area (Å²) in [5.41, 5.74) is 0.838. The molecule has 0 unspecified atom stereocenters. The van der Waals surface area contributed by atoms with Gasteiger partial charge in [0.1, 0.15) is 5.82 Å². The molecule has 2 heterocycles. The van der Waals surface area contributed by atoms with Gasteiger partial charge in [-0.3, -0.25) is 0 Å². The zero-order valence-electron chi connectivity index (χ0n) is 8.81. The molecule has 2 aromatic heterocycles. The van der Waals surface area contributed by atoms with Gasteiger partial charge in [-0.1, -0.05) is 17.4 Å². The first-order chi connectivity index (χ1) is 8.31. The van der Waals surface area contributed by atoms with Gasteiger partial charge in [-0.2, -0.15) is 0 Å².